The Bertz CT molecular complexity index is 206. The van der Waals surface area contributed by atoms with E-state index < -0.39 is 0 Å². The van der Waals surface area contributed by atoms with Crippen molar-refractivity contribution in [2.45, 2.75) is 78.0 Å². The molecule has 0 aromatic rings. The standard InChI is InChI=1S/C13H27IN2/c1-10(2)15-8-6-7-13(9-12(15)5)16(14)11(3)4/h10-13H,6-9H2,1-5H3. The quantitative estimate of drug-likeness (QED) is 0.572. The van der Waals surface area contributed by atoms with Gasteiger partial charge in [0.25, 0.3) is 0 Å². The van der Waals surface area contributed by atoms with Gasteiger partial charge in [-0.1, -0.05) is 0 Å². The zero-order chi connectivity index (χ0) is 12.3. The predicted molar refractivity (Wildman–Crippen MR) is 79.9 cm³/mol. The highest BCUT2D eigenvalue weighted by Crippen LogP contribution is 2.26. The van der Waals surface area contributed by atoms with E-state index in [0.29, 0.717) is 12.1 Å². The van der Waals surface area contributed by atoms with E-state index in [1.54, 1.807) is 0 Å². The van der Waals surface area contributed by atoms with Crippen molar-refractivity contribution in [3.63, 3.8) is 0 Å². The first kappa shape index (κ1) is 14.7. The highest BCUT2D eigenvalue weighted by Gasteiger charge is 2.28. The van der Waals surface area contributed by atoms with Gasteiger partial charge < -0.3 is 0 Å². The van der Waals surface area contributed by atoms with E-state index >= 15 is 0 Å². The summed E-state index contributed by atoms with van der Waals surface area (Å²) < 4.78 is 2.53. The van der Waals surface area contributed by atoms with Crippen LogP contribution in [-0.2, 0) is 0 Å². The fourth-order valence-corrected chi connectivity index (χ4v) is 3.30. The molecule has 0 aliphatic carbocycles. The second kappa shape index (κ2) is 6.55. The normalized spacial score (nSPS) is 29.1. The zero-order valence-corrected chi connectivity index (χ0v) is 13.6. The zero-order valence-electron chi connectivity index (χ0n) is 11.4. The molecule has 1 fully saturated rings. The Kier molecular flexibility index (Phi) is 6.02. The minimum atomic E-state index is 0.656. The highest BCUT2D eigenvalue weighted by molar-refractivity contribution is 14.1. The monoisotopic (exact) mass is 338 g/mol. The van der Waals surface area contributed by atoms with Crippen molar-refractivity contribution >= 4 is 22.9 Å². The molecule has 0 spiro atoms. The molecule has 1 aliphatic rings. The first-order valence-corrected chi connectivity index (χ1v) is 7.59. The summed E-state index contributed by atoms with van der Waals surface area (Å²) in [5, 5.41) is 0. The van der Waals surface area contributed by atoms with Gasteiger partial charge in [0.05, 0.1) is 0 Å². The number of nitrogens with zero attached hydrogens (tertiary/aromatic N) is 2. The van der Waals surface area contributed by atoms with Crippen LogP contribution in [0.15, 0.2) is 0 Å². The lowest BCUT2D eigenvalue weighted by Gasteiger charge is -2.33. The Morgan fingerprint density at radius 1 is 1.25 bits per heavy atom. The summed E-state index contributed by atoms with van der Waals surface area (Å²) in [7, 11) is 0. The molecule has 2 nitrogen and oxygen atoms in total. The van der Waals surface area contributed by atoms with Gasteiger partial charge in [-0.25, -0.2) is 3.11 Å². The first-order chi connectivity index (χ1) is 7.43. The summed E-state index contributed by atoms with van der Waals surface area (Å²) in [4.78, 5) is 2.66. The van der Waals surface area contributed by atoms with Crippen LogP contribution >= 0.6 is 22.9 Å². The maximum Gasteiger partial charge on any atom is 0.0212 e. The van der Waals surface area contributed by atoms with E-state index in [1.807, 2.05) is 0 Å². The summed E-state index contributed by atoms with van der Waals surface area (Å²) in [5.74, 6) is 0. The number of hydrogen-bond donors (Lipinski definition) is 0. The molecule has 3 heteroatoms. The van der Waals surface area contributed by atoms with Gasteiger partial charge in [0, 0.05) is 47.0 Å². The van der Waals surface area contributed by atoms with E-state index in [4.69, 9.17) is 0 Å². The van der Waals surface area contributed by atoms with Gasteiger partial charge in [-0.3, -0.25) is 4.90 Å². The largest absolute Gasteiger partial charge is 0.298 e. The molecule has 0 saturated carbocycles. The van der Waals surface area contributed by atoms with Crippen LogP contribution in [0.25, 0.3) is 0 Å². The minimum Gasteiger partial charge on any atom is -0.298 e. The molecule has 0 aromatic heterocycles. The van der Waals surface area contributed by atoms with Crippen molar-refractivity contribution in [1.29, 1.82) is 0 Å². The minimum absolute atomic E-state index is 0.656. The smallest absolute Gasteiger partial charge is 0.0212 e. The maximum absolute atomic E-state index is 2.66. The molecular formula is C13H27IN2. The topological polar surface area (TPSA) is 6.48 Å². The summed E-state index contributed by atoms with van der Waals surface area (Å²) >= 11 is 2.52. The molecule has 0 amide bonds. The van der Waals surface area contributed by atoms with E-state index in [9.17, 15) is 0 Å². The summed E-state index contributed by atoms with van der Waals surface area (Å²) in [6.07, 6.45) is 4.02. The van der Waals surface area contributed by atoms with Crippen LogP contribution in [0.1, 0.15) is 53.9 Å². The summed E-state index contributed by atoms with van der Waals surface area (Å²) in [5.41, 5.74) is 0. The van der Waals surface area contributed by atoms with E-state index in [2.05, 4.69) is 65.5 Å². The number of hydrogen-bond acceptors (Lipinski definition) is 2. The molecule has 1 heterocycles. The SMILES string of the molecule is CC(C)N(I)C1CCCN(C(C)C)C(C)C1. The predicted octanol–water partition coefficient (Wildman–Crippen LogP) is 3.70. The van der Waals surface area contributed by atoms with Crippen LogP contribution in [0.5, 0.6) is 0 Å². The van der Waals surface area contributed by atoms with E-state index in [1.165, 1.54) is 25.8 Å². The molecule has 0 aromatic carbocycles. The Morgan fingerprint density at radius 2 is 1.88 bits per heavy atom. The van der Waals surface area contributed by atoms with Crippen molar-refractivity contribution in [3.8, 4) is 0 Å². The average Bonchev–Trinajstić information content (AvgIpc) is 2.38. The highest BCUT2D eigenvalue weighted by atomic mass is 127. The van der Waals surface area contributed by atoms with Gasteiger partial charge in [0.1, 0.15) is 0 Å². The molecule has 1 rings (SSSR count). The lowest BCUT2D eigenvalue weighted by molar-refractivity contribution is 0.159. The molecule has 0 radical (unpaired) electrons. The van der Waals surface area contributed by atoms with Crippen LogP contribution < -0.4 is 0 Å². The molecule has 16 heavy (non-hydrogen) atoms. The Hall–Kier alpha value is 0.650. The van der Waals surface area contributed by atoms with Crippen LogP contribution in [-0.4, -0.2) is 38.7 Å². The van der Waals surface area contributed by atoms with Gasteiger partial charge in [0.2, 0.25) is 0 Å². The van der Waals surface area contributed by atoms with Crippen LogP contribution in [0.3, 0.4) is 0 Å². The average molecular weight is 338 g/mol. The summed E-state index contributed by atoms with van der Waals surface area (Å²) in [6.45, 7) is 12.9. The van der Waals surface area contributed by atoms with Crippen molar-refractivity contribution in [2.75, 3.05) is 6.54 Å². The summed E-state index contributed by atoms with van der Waals surface area (Å²) in [6, 6.07) is 2.83. The second-order valence-corrected chi connectivity index (χ2v) is 6.76. The lowest BCUT2D eigenvalue weighted by Crippen LogP contribution is -2.41. The molecular weight excluding hydrogens is 311 g/mol. The van der Waals surface area contributed by atoms with Crippen molar-refractivity contribution in [2.24, 2.45) is 0 Å². The Labute approximate surface area is 115 Å². The Morgan fingerprint density at radius 3 is 2.38 bits per heavy atom. The van der Waals surface area contributed by atoms with Gasteiger partial charge in [0.15, 0.2) is 0 Å². The second-order valence-electron chi connectivity index (χ2n) is 5.65. The third-order valence-electron chi connectivity index (χ3n) is 3.64. The van der Waals surface area contributed by atoms with Gasteiger partial charge in [-0.05, 0) is 60.4 Å². The van der Waals surface area contributed by atoms with Crippen LogP contribution in [0.2, 0.25) is 0 Å². The molecule has 2 atom stereocenters. The Balaban J connectivity index is 2.60. The van der Waals surface area contributed by atoms with Crippen LogP contribution in [0.4, 0.5) is 0 Å². The van der Waals surface area contributed by atoms with Crippen LogP contribution in [0, 0.1) is 0 Å². The third kappa shape index (κ3) is 3.84. The molecule has 2 unspecified atom stereocenters. The van der Waals surface area contributed by atoms with Crippen molar-refractivity contribution in [1.82, 2.24) is 8.01 Å². The molecule has 1 aliphatic heterocycles. The fraction of sp³-hybridized carbons (Fsp3) is 1.00. The number of halogens is 1. The van der Waals surface area contributed by atoms with E-state index in [-0.39, 0.29) is 0 Å². The van der Waals surface area contributed by atoms with Gasteiger partial charge in [-0.2, -0.15) is 0 Å². The number of rotatable bonds is 3. The van der Waals surface area contributed by atoms with E-state index in [0.717, 1.165) is 12.1 Å². The fourth-order valence-electron chi connectivity index (χ4n) is 2.79. The lowest BCUT2D eigenvalue weighted by atomic mass is 10.0. The first-order valence-electron chi connectivity index (χ1n) is 6.63. The molecule has 96 valence electrons. The van der Waals surface area contributed by atoms with Crippen molar-refractivity contribution in [3.05, 3.63) is 0 Å². The number of likely N-dealkylation sites (tertiary alicyclic amines) is 1. The third-order valence-corrected chi connectivity index (χ3v) is 5.54. The maximum atomic E-state index is 2.66. The molecule has 1 saturated heterocycles. The van der Waals surface area contributed by atoms with Gasteiger partial charge >= 0.3 is 0 Å². The van der Waals surface area contributed by atoms with Gasteiger partial charge in [-0.15, -0.1) is 0 Å². The molecule has 0 N–H and O–H groups in total. The van der Waals surface area contributed by atoms with Crippen molar-refractivity contribution < 1.29 is 0 Å². The molecule has 0 bridgehead atoms.